The number of carbonyl (C=O) groups is 1. The number of hydrogen-bond donors (Lipinski definition) is 1. The molecule has 1 N–H and O–H groups in total. The monoisotopic (exact) mass is 356 g/mol. The van der Waals surface area contributed by atoms with Crippen LogP contribution in [0, 0.1) is 0 Å². The molecule has 0 aromatic heterocycles. The van der Waals surface area contributed by atoms with Crippen molar-refractivity contribution in [2.45, 2.75) is 45.3 Å². The number of hydrogen-bond acceptors (Lipinski definition) is 4. The van der Waals surface area contributed by atoms with Crippen LogP contribution in [0.15, 0.2) is 18.2 Å². The number of alkyl halides is 2. The second-order valence-electron chi connectivity index (χ2n) is 6.41. The molecule has 0 bridgehead atoms. The molecule has 0 aliphatic carbocycles. The first-order valence-corrected chi connectivity index (χ1v) is 8.55. The standard InChI is InChI=1S/C18H26F2N2O3/c1-12(2)22-8-6-14(7-9-22)25-16-10-13(4-5-15(16)24-3)18(23)21-11-17(19)20/h4-5,10,12,14,17H,6-9,11H2,1-3H3,(H,21,23). The number of halogens is 2. The van der Waals surface area contributed by atoms with E-state index in [-0.39, 0.29) is 11.7 Å². The van der Waals surface area contributed by atoms with Gasteiger partial charge in [0.1, 0.15) is 6.10 Å². The van der Waals surface area contributed by atoms with Crippen molar-refractivity contribution in [3.63, 3.8) is 0 Å². The highest BCUT2D eigenvalue weighted by Gasteiger charge is 2.23. The van der Waals surface area contributed by atoms with Gasteiger partial charge in [-0.2, -0.15) is 0 Å². The van der Waals surface area contributed by atoms with E-state index in [4.69, 9.17) is 9.47 Å². The number of rotatable bonds is 7. The van der Waals surface area contributed by atoms with E-state index >= 15 is 0 Å². The number of methoxy groups -OCH3 is 1. The largest absolute Gasteiger partial charge is 0.493 e. The number of nitrogens with one attached hydrogen (secondary N) is 1. The van der Waals surface area contributed by atoms with E-state index in [2.05, 4.69) is 24.1 Å². The van der Waals surface area contributed by atoms with Gasteiger partial charge in [0, 0.05) is 24.7 Å². The minimum atomic E-state index is -2.58. The molecule has 1 saturated heterocycles. The maximum absolute atomic E-state index is 12.2. The van der Waals surface area contributed by atoms with Crippen molar-refractivity contribution in [2.24, 2.45) is 0 Å². The lowest BCUT2D eigenvalue weighted by atomic mass is 10.1. The quantitative estimate of drug-likeness (QED) is 0.816. The summed E-state index contributed by atoms with van der Waals surface area (Å²) < 4.78 is 35.8. The summed E-state index contributed by atoms with van der Waals surface area (Å²) in [6.45, 7) is 5.59. The van der Waals surface area contributed by atoms with Crippen LogP contribution in [-0.4, -0.2) is 56.1 Å². The molecule has 0 saturated carbocycles. The van der Waals surface area contributed by atoms with Crippen LogP contribution < -0.4 is 14.8 Å². The molecule has 1 aliphatic heterocycles. The van der Waals surface area contributed by atoms with E-state index in [0.717, 1.165) is 25.9 Å². The molecule has 1 amide bonds. The van der Waals surface area contributed by atoms with Gasteiger partial charge < -0.3 is 19.7 Å². The summed E-state index contributed by atoms with van der Waals surface area (Å²) in [5.41, 5.74) is 0.274. The average molecular weight is 356 g/mol. The SMILES string of the molecule is COc1ccc(C(=O)NCC(F)F)cc1OC1CCN(C(C)C)CC1. The minimum Gasteiger partial charge on any atom is -0.493 e. The Morgan fingerprint density at radius 1 is 1.28 bits per heavy atom. The number of carbonyl (C=O) groups excluding carboxylic acids is 1. The normalized spacial score (nSPS) is 16.3. The first-order chi connectivity index (χ1) is 11.9. The van der Waals surface area contributed by atoms with Crippen LogP contribution in [0.25, 0.3) is 0 Å². The Hall–Kier alpha value is -1.89. The average Bonchev–Trinajstić information content (AvgIpc) is 2.60. The Morgan fingerprint density at radius 2 is 1.96 bits per heavy atom. The van der Waals surface area contributed by atoms with Crippen LogP contribution in [0.3, 0.4) is 0 Å². The zero-order valence-electron chi connectivity index (χ0n) is 14.9. The molecule has 140 valence electrons. The van der Waals surface area contributed by atoms with Crippen molar-refractivity contribution < 1.29 is 23.0 Å². The van der Waals surface area contributed by atoms with E-state index < -0.39 is 18.9 Å². The van der Waals surface area contributed by atoms with Crippen molar-refractivity contribution >= 4 is 5.91 Å². The molecule has 1 aromatic carbocycles. The fourth-order valence-electron chi connectivity index (χ4n) is 2.87. The van der Waals surface area contributed by atoms with E-state index in [9.17, 15) is 13.6 Å². The maximum atomic E-state index is 12.2. The van der Waals surface area contributed by atoms with Gasteiger partial charge in [-0.3, -0.25) is 4.79 Å². The van der Waals surface area contributed by atoms with Crippen LogP contribution in [0.2, 0.25) is 0 Å². The summed E-state index contributed by atoms with van der Waals surface area (Å²) in [7, 11) is 1.53. The molecule has 5 nitrogen and oxygen atoms in total. The van der Waals surface area contributed by atoms with Crippen molar-refractivity contribution in [3.05, 3.63) is 23.8 Å². The van der Waals surface area contributed by atoms with Crippen molar-refractivity contribution in [1.29, 1.82) is 0 Å². The Bertz CT molecular complexity index is 573. The van der Waals surface area contributed by atoms with Crippen LogP contribution >= 0.6 is 0 Å². The highest BCUT2D eigenvalue weighted by molar-refractivity contribution is 5.94. The van der Waals surface area contributed by atoms with Gasteiger partial charge in [0.2, 0.25) is 0 Å². The van der Waals surface area contributed by atoms with Gasteiger partial charge >= 0.3 is 0 Å². The minimum absolute atomic E-state index is 0.0447. The van der Waals surface area contributed by atoms with E-state index in [1.54, 1.807) is 12.1 Å². The third kappa shape index (κ3) is 5.56. The third-order valence-corrected chi connectivity index (χ3v) is 4.34. The molecule has 1 heterocycles. The molecule has 2 rings (SSSR count). The first-order valence-electron chi connectivity index (χ1n) is 8.55. The van der Waals surface area contributed by atoms with Crippen molar-refractivity contribution in [3.8, 4) is 11.5 Å². The van der Waals surface area contributed by atoms with Crippen LogP contribution in [0.5, 0.6) is 11.5 Å². The van der Waals surface area contributed by atoms with Gasteiger partial charge in [0.15, 0.2) is 11.5 Å². The van der Waals surface area contributed by atoms with Crippen LogP contribution in [-0.2, 0) is 0 Å². The molecule has 25 heavy (non-hydrogen) atoms. The zero-order valence-corrected chi connectivity index (χ0v) is 14.9. The predicted molar refractivity (Wildman–Crippen MR) is 91.7 cm³/mol. The number of nitrogens with zero attached hydrogens (tertiary/aromatic N) is 1. The lowest BCUT2D eigenvalue weighted by Gasteiger charge is -2.34. The van der Waals surface area contributed by atoms with Crippen LogP contribution in [0.1, 0.15) is 37.0 Å². The fourth-order valence-corrected chi connectivity index (χ4v) is 2.87. The first kappa shape index (κ1) is 19.4. The van der Waals surface area contributed by atoms with Crippen LogP contribution in [0.4, 0.5) is 8.78 Å². The van der Waals surface area contributed by atoms with E-state index in [0.29, 0.717) is 17.5 Å². The predicted octanol–water partition coefficient (Wildman–Crippen LogP) is 2.94. The zero-order chi connectivity index (χ0) is 18.4. The molecule has 1 aliphatic rings. The summed E-state index contributed by atoms with van der Waals surface area (Å²) in [5, 5.41) is 2.19. The molecule has 1 fully saturated rings. The molecular weight excluding hydrogens is 330 g/mol. The van der Waals surface area contributed by atoms with Gasteiger partial charge in [-0.15, -0.1) is 0 Å². The van der Waals surface area contributed by atoms with Gasteiger partial charge in [-0.1, -0.05) is 0 Å². The maximum Gasteiger partial charge on any atom is 0.255 e. The van der Waals surface area contributed by atoms with Gasteiger partial charge in [0.25, 0.3) is 12.3 Å². The number of benzene rings is 1. The molecule has 1 aromatic rings. The summed E-state index contributed by atoms with van der Waals surface area (Å²) in [6, 6.07) is 5.22. The van der Waals surface area contributed by atoms with Gasteiger partial charge in [-0.05, 0) is 44.9 Å². The number of likely N-dealkylation sites (tertiary alicyclic amines) is 1. The number of piperidine rings is 1. The summed E-state index contributed by atoms with van der Waals surface area (Å²) in [5.74, 6) is 0.439. The summed E-state index contributed by atoms with van der Waals surface area (Å²) >= 11 is 0. The highest BCUT2D eigenvalue weighted by atomic mass is 19.3. The van der Waals surface area contributed by atoms with E-state index in [1.807, 2.05) is 0 Å². The molecular formula is C18H26F2N2O3. The molecule has 0 unspecified atom stereocenters. The second kappa shape index (κ2) is 8.99. The highest BCUT2D eigenvalue weighted by Crippen LogP contribution is 2.31. The lowest BCUT2D eigenvalue weighted by Crippen LogP contribution is -2.41. The van der Waals surface area contributed by atoms with Crippen molar-refractivity contribution in [2.75, 3.05) is 26.7 Å². The molecule has 0 atom stereocenters. The topological polar surface area (TPSA) is 50.8 Å². The molecule has 0 radical (unpaired) electrons. The molecule has 7 heteroatoms. The smallest absolute Gasteiger partial charge is 0.255 e. The third-order valence-electron chi connectivity index (χ3n) is 4.34. The second-order valence-corrected chi connectivity index (χ2v) is 6.41. The number of ether oxygens (including phenoxy) is 2. The van der Waals surface area contributed by atoms with Gasteiger partial charge in [-0.25, -0.2) is 8.78 Å². The summed E-state index contributed by atoms with van der Waals surface area (Å²) in [4.78, 5) is 14.4. The Labute approximate surface area is 147 Å². The van der Waals surface area contributed by atoms with Crippen molar-refractivity contribution in [1.82, 2.24) is 10.2 Å². The molecule has 0 spiro atoms. The Morgan fingerprint density at radius 3 is 2.52 bits per heavy atom. The Balaban J connectivity index is 2.03. The van der Waals surface area contributed by atoms with Gasteiger partial charge in [0.05, 0.1) is 13.7 Å². The Kier molecular flexibility index (Phi) is 6.99. The fraction of sp³-hybridized carbons (Fsp3) is 0.611. The number of amides is 1. The lowest BCUT2D eigenvalue weighted by molar-refractivity contribution is 0.0816. The van der Waals surface area contributed by atoms with E-state index in [1.165, 1.54) is 13.2 Å². The summed E-state index contributed by atoms with van der Waals surface area (Å²) in [6.07, 6.45) is -0.751.